The highest BCUT2D eigenvalue weighted by atomic mass is 16.5. The zero-order valence-electron chi connectivity index (χ0n) is 21.1. The van der Waals surface area contributed by atoms with Crippen molar-refractivity contribution in [3.63, 3.8) is 0 Å². The van der Waals surface area contributed by atoms with Gasteiger partial charge in [-0.1, -0.05) is 42.5 Å². The van der Waals surface area contributed by atoms with Crippen LogP contribution in [-0.4, -0.2) is 51.9 Å². The van der Waals surface area contributed by atoms with Gasteiger partial charge in [-0.25, -0.2) is 10.2 Å². The van der Waals surface area contributed by atoms with Gasteiger partial charge in [0, 0.05) is 18.0 Å². The summed E-state index contributed by atoms with van der Waals surface area (Å²) in [5.74, 6) is -1.59. The smallest absolute Gasteiger partial charge is 0.343 e. The second kappa shape index (κ2) is 11.9. The number of carbonyl (C=O) groups is 3. The SMILES string of the molecule is COc1cc(C(=O)Oc2ccccc2/C=N/NC(=O)[C@H]2C(=O)NC[C@H]2c2ccccc2)cc(OC)c1OC. The van der Waals surface area contributed by atoms with Gasteiger partial charge in [-0.15, -0.1) is 0 Å². The summed E-state index contributed by atoms with van der Waals surface area (Å²) in [5.41, 5.74) is 3.94. The molecule has 2 amide bonds. The Bertz CT molecular complexity index is 1330. The maximum Gasteiger partial charge on any atom is 0.343 e. The van der Waals surface area contributed by atoms with Crippen LogP contribution in [0.2, 0.25) is 0 Å². The fourth-order valence-corrected chi connectivity index (χ4v) is 4.21. The average Bonchev–Trinajstić information content (AvgIpc) is 3.34. The Labute approximate surface area is 219 Å². The zero-order chi connectivity index (χ0) is 27.1. The highest BCUT2D eigenvalue weighted by Crippen LogP contribution is 2.38. The second-order valence-corrected chi connectivity index (χ2v) is 8.32. The van der Waals surface area contributed by atoms with E-state index in [-0.39, 0.29) is 23.1 Å². The minimum atomic E-state index is -0.914. The lowest BCUT2D eigenvalue weighted by atomic mass is 9.88. The zero-order valence-corrected chi connectivity index (χ0v) is 21.1. The van der Waals surface area contributed by atoms with Crippen LogP contribution in [0.3, 0.4) is 0 Å². The third kappa shape index (κ3) is 5.59. The first kappa shape index (κ1) is 26.2. The van der Waals surface area contributed by atoms with E-state index in [0.29, 0.717) is 29.4 Å². The van der Waals surface area contributed by atoms with Gasteiger partial charge >= 0.3 is 5.97 Å². The fraction of sp³-hybridized carbons (Fsp3) is 0.214. The molecule has 10 heteroatoms. The molecule has 0 unspecified atom stereocenters. The molecule has 196 valence electrons. The van der Waals surface area contributed by atoms with E-state index in [0.717, 1.165) is 5.56 Å². The average molecular weight is 518 g/mol. The summed E-state index contributed by atoms with van der Waals surface area (Å²) in [6.45, 7) is 0.365. The first-order valence-corrected chi connectivity index (χ1v) is 11.7. The lowest BCUT2D eigenvalue weighted by Gasteiger charge is -2.15. The number of amides is 2. The molecule has 1 aliphatic heterocycles. The molecule has 2 N–H and O–H groups in total. The standard InChI is InChI=1S/C28H27N3O7/c1-35-22-13-19(14-23(36-2)25(22)37-3)28(34)38-21-12-8-7-11-18(21)15-30-31-27(33)24-20(16-29-26(24)32)17-9-5-4-6-10-17/h4-15,20,24H,16H2,1-3H3,(H,29,32)(H,31,33)/b30-15+/t20-,24+/m0/s1. The first-order chi connectivity index (χ1) is 18.5. The number of nitrogens with one attached hydrogen (secondary N) is 2. The van der Waals surface area contributed by atoms with Crippen LogP contribution in [0.4, 0.5) is 0 Å². The number of esters is 1. The highest BCUT2D eigenvalue weighted by molar-refractivity contribution is 6.03. The number of carbonyl (C=O) groups excluding carboxylic acids is 3. The monoisotopic (exact) mass is 517 g/mol. The van der Waals surface area contributed by atoms with Gasteiger partial charge in [-0.05, 0) is 29.8 Å². The number of ether oxygens (including phenoxy) is 4. The second-order valence-electron chi connectivity index (χ2n) is 8.32. The van der Waals surface area contributed by atoms with Crippen LogP contribution in [0.25, 0.3) is 0 Å². The third-order valence-corrected chi connectivity index (χ3v) is 6.09. The number of hydrogen-bond acceptors (Lipinski definition) is 8. The molecule has 1 fully saturated rings. The van der Waals surface area contributed by atoms with E-state index in [1.807, 2.05) is 30.3 Å². The molecule has 0 bridgehead atoms. The summed E-state index contributed by atoms with van der Waals surface area (Å²) < 4.78 is 21.5. The van der Waals surface area contributed by atoms with Gasteiger partial charge in [0.25, 0.3) is 5.91 Å². The van der Waals surface area contributed by atoms with Crippen LogP contribution in [0, 0.1) is 5.92 Å². The van der Waals surface area contributed by atoms with Crippen molar-refractivity contribution in [3.8, 4) is 23.0 Å². The lowest BCUT2D eigenvalue weighted by Crippen LogP contribution is -2.34. The molecule has 10 nitrogen and oxygen atoms in total. The lowest BCUT2D eigenvalue weighted by molar-refractivity contribution is -0.133. The Balaban J connectivity index is 1.48. The molecule has 1 aliphatic rings. The van der Waals surface area contributed by atoms with Gasteiger partial charge in [-0.3, -0.25) is 9.59 Å². The molecular formula is C28H27N3O7. The number of benzene rings is 3. The minimum Gasteiger partial charge on any atom is -0.493 e. The summed E-state index contributed by atoms with van der Waals surface area (Å²) in [5, 5.41) is 6.76. The summed E-state index contributed by atoms with van der Waals surface area (Å²) in [7, 11) is 4.36. The van der Waals surface area contributed by atoms with Gasteiger partial charge in [0.2, 0.25) is 11.7 Å². The van der Waals surface area contributed by atoms with Crippen LogP contribution in [0.1, 0.15) is 27.4 Å². The summed E-state index contributed by atoms with van der Waals surface area (Å²) in [4.78, 5) is 38.1. The van der Waals surface area contributed by atoms with Crippen molar-refractivity contribution < 1.29 is 33.3 Å². The molecule has 0 saturated carbocycles. The van der Waals surface area contributed by atoms with Gasteiger partial charge in [0.1, 0.15) is 11.7 Å². The van der Waals surface area contributed by atoms with Crippen LogP contribution in [-0.2, 0) is 9.59 Å². The Morgan fingerprint density at radius 3 is 2.24 bits per heavy atom. The predicted octanol–water partition coefficient (Wildman–Crippen LogP) is 2.91. The summed E-state index contributed by atoms with van der Waals surface area (Å²) in [6.07, 6.45) is 1.35. The molecule has 38 heavy (non-hydrogen) atoms. The van der Waals surface area contributed by atoms with Gasteiger partial charge in [0.15, 0.2) is 11.5 Å². The predicted molar refractivity (Wildman–Crippen MR) is 139 cm³/mol. The fourth-order valence-electron chi connectivity index (χ4n) is 4.21. The van der Waals surface area contributed by atoms with Gasteiger partial charge < -0.3 is 24.3 Å². The van der Waals surface area contributed by atoms with Crippen molar-refractivity contribution in [1.82, 2.24) is 10.7 Å². The Hall–Kier alpha value is -4.86. The Kier molecular flexibility index (Phi) is 8.22. The maximum absolute atomic E-state index is 12.9. The number of hydrogen-bond donors (Lipinski definition) is 2. The topological polar surface area (TPSA) is 125 Å². The van der Waals surface area contributed by atoms with Crippen molar-refractivity contribution in [2.24, 2.45) is 11.0 Å². The molecular weight excluding hydrogens is 490 g/mol. The van der Waals surface area contributed by atoms with Crippen LogP contribution < -0.4 is 29.7 Å². The molecule has 2 atom stereocenters. The first-order valence-electron chi connectivity index (χ1n) is 11.7. The molecule has 4 rings (SSSR count). The highest BCUT2D eigenvalue weighted by Gasteiger charge is 2.40. The van der Waals surface area contributed by atoms with E-state index >= 15 is 0 Å². The minimum absolute atomic E-state index is 0.179. The Morgan fingerprint density at radius 2 is 1.58 bits per heavy atom. The maximum atomic E-state index is 12.9. The molecule has 0 aromatic heterocycles. The van der Waals surface area contributed by atoms with Crippen LogP contribution in [0.5, 0.6) is 23.0 Å². The van der Waals surface area contributed by atoms with E-state index in [2.05, 4.69) is 15.8 Å². The van der Waals surface area contributed by atoms with Crippen LogP contribution in [0.15, 0.2) is 71.8 Å². The quantitative estimate of drug-likeness (QED) is 0.147. The van der Waals surface area contributed by atoms with Crippen molar-refractivity contribution in [2.75, 3.05) is 27.9 Å². The summed E-state index contributed by atoms with van der Waals surface area (Å²) >= 11 is 0. The number of para-hydroxylation sites is 1. The van der Waals surface area contributed by atoms with E-state index < -0.39 is 17.8 Å². The molecule has 1 saturated heterocycles. The van der Waals surface area contributed by atoms with Crippen molar-refractivity contribution in [1.29, 1.82) is 0 Å². The van der Waals surface area contributed by atoms with E-state index in [1.54, 1.807) is 24.3 Å². The van der Waals surface area contributed by atoms with Crippen LogP contribution >= 0.6 is 0 Å². The molecule has 3 aromatic carbocycles. The van der Waals surface area contributed by atoms with E-state index in [1.165, 1.54) is 39.7 Å². The van der Waals surface area contributed by atoms with Crippen molar-refractivity contribution >= 4 is 24.0 Å². The van der Waals surface area contributed by atoms with Crippen molar-refractivity contribution in [2.45, 2.75) is 5.92 Å². The molecule has 1 heterocycles. The van der Waals surface area contributed by atoms with Gasteiger partial charge in [-0.2, -0.15) is 5.10 Å². The van der Waals surface area contributed by atoms with Crippen molar-refractivity contribution in [3.05, 3.63) is 83.4 Å². The Morgan fingerprint density at radius 1 is 0.921 bits per heavy atom. The molecule has 3 aromatic rings. The van der Waals surface area contributed by atoms with Gasteiger partial charge in [0.05, 0.1) is 33.1 Å². The largest absolute Gasteiger partial charge is 0.493 e. The third-order valence-electron chi connectivity index (χ3n) is 6.09. The van der Waals surface area contributed by atoms with E-state index in [9.17, 15) is 14.4 Å². The number of nitrogens with zero attached hydrogens (tertiary/aromatic N) is 1. The summed E-state index contributed by atoms with van der Waals surface area (Å²) in [6, 6.07) is 19.0. The van der Waals surface area contributed by atoms with E-state index in [4.69, 9.17) is 18.9 Å². The number of rotatable bonds is 9. The molecule has 0 radical (unpaired) electrons. The molecule has 0 aliphatic carbocycles. The number of hydrazone groups is 1. The number of methoxy groups -OCH3 is 3. The molecule has 0 spiro atoms. The normalized spacial score (nSPS) is 16.6.